The maximum absolute atomic E-state index is 10.7. The second-order valence-corrected chi connectivity index (χ2v) is 3.51. The highest BCUT2D eigenvalue weighted by Gasteiger charge is 2.36. The summed E-state index contributed by atoms with van der Waals surface area (Å²) in [5.41, 5.74) is 0. The van der Waals surface area contributed by atoms with Crippen LogP contribution in [0.1, 0.15) is 32.6 Å². The predicted octanol–water partition coefficient (Wildman–Crippen LogP) is 1.46. The van der Waals surface area contributed by atoms with Crippen LogP contribution < -0.4 is 0 Å². The first kappa shape index (κ1) is 8.47. The molecule has 0 aromatic rings. The third-order valence-electron chi connectivity index (χ3n) is 2.49. The van der Waals surface area contributed by atoms with Crippen molar-refractivity contribution in [3.63, 3.8) is 0 Å². The van der Waals surface area contributed by atoms with Crippen molar-refractivity contribution in [3.05, 3.63) is 0 Å². The summed E-state index contributed by atoms with van der Waals surface area (Å²) in [7, 11) is 0. The van der Waals surface area contributed by atoms with Crippen LogP contribution in [-0.4, -0.2) is 23.2 Å². The number of rotatable bonds is 1. The summed E-state index contributed by atoms with van der Waals surface area (Å²) in [6, 6.07) is 0.436. The summed E-state index contributed by atoms with van der Waals surface area (Å²) in [5, 5.41) is 9.27. The first-order valence-electron chi connectivity index (χ1n) is 4.66. The van der Waals surface area contributed by atoms with Crippen molar-refractivity contribution in [3.8, 4) is 0 Å². The summed E-state index contributed by atoms with van der Waals surface area (Å²) < 4.78 is 0. The monoisotopic (exact) mass is 183 g/mol. The van der Waals surface area contributed by atoms with Crippen LogP contribution in [0.25, 0.3) is 0 Å². The second kappa shape index (κ2) is 3.32. The van der Waals surface area contributed by atoms with Crippen LogP contribution in [0.4, 0.5) is 0 Å². The molecule has 2 unspecified atom stereocenters. The van der Waals surface area contributed by atoms with Gasteiger partial charge in [-0.25, -0.2) is 4.79 Å². The lowest BCUT2D eigenvalue weighted by Gasteiger charge is -2.26. The molecular weight excluding hydrogens is 170 g/mol. The molecule has 0 aromatic heterocycles. The van der Waals surface area contributed by atoms with Gasteiger partial charge in [-0.15, -0.1) is 0 Å². The number of nitrogens with zero attached hydrogens (tertiary/aromatic N) is 3. The van der Waals surface area contributed by atoms with Gasteiger partial charge in [0.05, 0.1) is 6.04 Å². The standard InChI is InChI=1S/C8H13N3O2/c1-6(12)13-11-8-5-3-2-4-7(8)9-10-11/h7-8H,2-5H2,1H3. The maximum Gasteiger partial charge on any atom is 0.331 e. The fourth-order valence-corrected chi connectivity index (χ4v) is 1.89. The van der Waals surface area contributed by atoms with E-state index >= 15 is 0 Å². The molecule has 0 amide bonds. The van der Waals surface area contributed by atoms with E-state index in [9.17, 15) is 4.79 Å². The molecule has 13 heavy (non-hydrogen) atoms. The van der Waals surface area contributed by atoms with Crippen molar-refractivity contribution in [1.29, 1.82) is 0 Å². The lowest BCUT2D eigenvalue weighted by molar-refractivity contribution is -0.198. The van der Waals surface area contributed by atoms with E-state index < -0.39 is 0 Å². The Labute approximate surface area is 76.7 Å². The summed E-state index contributed by atoms with van der Waals surface area (Å²) in [6.45, 7) is 1.38. The van der Waals surface area contributed by atoms with Gasteiger partial charge >= 0.3 is 5.97 Å². The predicted molar refractivity (Wildman–Crippen MR) is 44.5 cm³/mol. The highest BCUT2D eigenvalue weighted by molar-refractivity contribution is 5.65. The number of hydrogen-bond donors (Lipinski definition) is 0. The maximum atomic E-state index is 10.7. The molecule has 0 aromatic carbocycles. The van der Waals surface area contributed by atoms with Crippen LogP contribution in [0.3, 0.4) is 0 Å². The Bertz CT molecular complexity index is 242. The minimum atomic E-state index is -0.329. The van der Waals surface area contributed by atoms with Gasteiger partial charge < -0.3 is 4.84 Å². The molecule has 0 N–H and O–H groups in total. The van der Waals surface area contributed by atoms with Crippen LogP contribution in [0.2, 0.25) is 0 Å². The van der Waals surface area contributed by atoms with Gasteiger partial charge in [0.15, 0.2) is 0 Å². The van der Waals surface area contributed by atoms with E-state index in [-0.39, 0.29) is 18.1 Å². The molecular formula is C8H13N3O2. The molecule has 5 heteroatoms. The number of carbonyl (C=O) groups is 1. The molecule has 0 spiro atoms. The Hall–Kier alpha value is -1.13. The van der Waals surface area contributed by atoms with Crippen molar-refractivity contribution < 1.29 is 9.63 Å². The third-order valence-corrected chi connectivity index (χ3v) is 2.49. The van der Waals surface area contributed by atoms with Gasteiger partial charge in [-0.2, -0.15) is 5.11 Å². The Balaban J connectivity index is 1.98. The largest absolute Gasteiger partial charge is 0.331 e. The first-order chi connectivity index (χ1) is 6.27. The molecule has 0 radical (unpaired) electrons. The van der Waals surface area contributed by atoms with Crippen LogP contribution in [-0.2, 0) is 9.63 Å². The zero-order chi connectivity index (χ0) is 9.26. The van der Waals surface area contributed by atoms with E-state index in [0.29, 0.717) is 0 Å². The molecule has 0 bridgehead atoms. The Morgan fingerprint density at radius 1 is 1.46 bits per heavy atom. The molecule has 1 saturated carbocycles. The molecule has 2 aliphatic rings. The van der Waals surface area contributed by atoms with Crippen molar-refractivity contribution in [2.24, 2.45) is 10.3 Å². The molecule has 1 aliphatic heterocycles. The molecule has 1 fully saturated rings. The van der Waals surface area contributed by atoms with Crippen molar-refractivity contribution in [1.82, 2.24) is 5.17 Å². The number of hydroxylamine groups is 1. The second-order valence-electron chi connectivity index (χ2n) is 3.51. The molecule has 2 atom stereocenters. The Kier molecular flexibility index (Phi) is 2.16. The van der Waals surface area contributed by atoms with E-state index in [1.165, 1.54) is 24.9 Å². The zero-order valence-electron chi connectivity index (χ0n) is 7.64. The smallest absolute Gasteiger partial charge is 0.322 e. The van der Waals surface area contributed by atoms with Crippen LogP contribution in [0.5, 0.6) is 0 Å². The highest BCUT2D eigenvalue weighted by atomic mass is 16.7. The number of fused-ring (bicyclic) bond motifs is 1. The van der Waals surface area contributed by atoms with Crippen LogP contribution >= 0.6 is 0 Å². The van der Waals surface area contributed by atoms with Gasteiger partial charge in [0, 0.05) is 6.92 Å². The minimum Gasteiger partial charge on any atom is -0.322 e. The molecule has 72 valence electrons. The summed E-state index contributed by atoms with van der Waals surface area (Å²) in [5.74, 6) is -0.329. The average molecular weight is 183 g/mol. The highest BCUT2D eigenvalue weighted by Crippen LogP contribution is 2.30. The normalized spacial score (nSPS) is 31.6. The molecule has 5 nitrogen and oxygen atoms in total. The minimum absolute atomic E-state index is 0.192. The lowest BCUT2D eigenvalue weighted by atomic mass is 9.92. The van der Waals surface area contributed by atoms with Gasteiger partial charge in [0.25, 0.3) is 0 Å². The fraction of sp³-hybridized carbons (Fsp3) is 0.875. The van der Waals surface area contributed by atoms with E-state index in [0.717, 1.165) is 12.8 Å². The quantitative estimate of drug-likeness (QED) is 0.618. The number of hydrogen-bond acceptors (Lipinski definition) is 5. The van der Waals surface area contributed by atoms with E-state index in [1.807, 2.05) is 0 Å². The van der Waals surface area contributed by atoms with Crippen molar-refractivity contribution >= 4 is 5.97 Å². The third kappa shape index (κ3) is 1.64. The average Bonchev–Trinajstić information content (AvgIpc) is 2.48. The van der Waals surface area contributed by atoms with Crippen LogP contribution in [0.15, 0.2) is 10.3 Å². The van der Waals surface area contributed by atoms with Gasteiger partial charge in [0.1, 0.15) is 6.04 Å². The van der Waals surface area contributed by atoms with Crippen molar-refractivity contribution in [2.75, 3.05) is 0 Å². The van der Waals surface area contributed by atoms with Gasteiger partial charge in [0.2, 0.25) is 0 Å². The topological polar surface area (TPSA) is 54.3 Å². The summed E-state index contributed by atoms with van der Waals surface area (Å²) in [6.07, 6.45) is 4.45. The lowest BCUT2D eigenvalue weighted by Crippen LogP contribution is -2.37. The van der Waals surface area contributed by atoms with Crippen molar-refractivity contribution in [2.45, 2.75) is 44.7 Å². The molecule has 1 aliphatic carbocycles. The summed E-state index contributed by atoms with van der Waals surface area (Å²) >= 11 is 0. The fourth-order valence-electron chi connectivity index (χ4n) is 1.89. The van der Waals surface area contributed by atoms with E-state index in [2.05, 4.69) is 10.3 Å². The zero-order valence-corrected chi connectivity index (χ0v) is 7.64. The first-order valence-corrected chi connectivity index (χ1v) is 4.66. The number of carbonyl (C=O) groups excluding carboxylic acids is 1. The van der Waals surface area contributed by atoms with Gasteiger partial charge in [-0.05, 0) is 18.1 Å². The summed E-state index contributed by atoms with van der Waals surface area (Å²) in [4.78, 5) is 15.6. The van der Waals surface area contributed by atoms with Gasteiger partial charge in [-0.1, -0.05) is 18.0 Å². The molecule has 2 rings (SSSR count). The van der Waals surface area contributed by atoms with E-state index in [4.69, 9.17) is 4.84 Å². The SMILES string of the molecule is CC(=O)ON1N=NC2CCCCC21. The Morgan fingerprint density at radius 2 is 2.23 bits per heavy atom. The van der Waals surface area contributed by atoms with E-state index in [1.54, 1.807) is 0 Å². The molecule has 0 saturated heterocycles. The van der Waals surface area contributed by atoms with Crippen LogP contribution in [0, 0.1) is 0 Å². The Morgan fingerprint density at radius 3 is 3.00 bits per heavy atom. The van der Waals surface area contributed by atoms with Gasteiger partial charge in [-0.3, -0.25) is 0 Å². The molecule has 1 heterocycles.